The average molecular weight is 258 g/mol. The lowest BCUT2D eigenvalue weighted by Crippen LogP contribution is -1.94. The van der Waals surface area contributed by atoms with E-state index in [4.69, 9.17) is 0 Å². The predicted octanol–water partition coefficient (Wildman–Crippen LogP) is 3.72. The van der Waals surface area contributed by atoms with E-state index in [1.54, 1.807) is 0 Å². The summed E-state index contributed by atoms with van der Waals surface area (Å²) in [6, 6.07) is 0. The van der Waals surface area contributed by atoms with Crippen LogP contribution < -0.4 is 0 Å². The van der Waals surface area contributed by atoms with Crippen molar-refractivity contribution in [3.63, 3.8) is 0 Å². The lowest BCUT2D eigenvalue weighted by atomic mass is 10.2. The summed E-state index contributed by atoms with van der Waals surface area (Å²) in [5.41, 5.74) is 0. The minimum absolute atomic E-state index is 0.684. The molecule has 0 aliphatic heterocycles. The van der Waals surface area contributed by atoms with Gasteiger partial charge in [-0.15, -0.1) is 0 Å². The van der Waals surface area contributed by atoms with Crippen molar-refractivity contribution in [3.8, 4) is 0 Å². The van der Waals surface area contributed by atoms with E-state index in [0.29, 0.717) is 9.65 Å². The molecule has 0 fully saturated rings. The summed E-state index contributed by atoms with van der Waals surface area (Å²) in [7, 11) is 0. The fraction of sp³-hybridized carbons (Fsp3) is 1.00. The van der Waals surface area contributed by atoms with E-state index < -0.39 is 0 Å². The van der Waals surface area contributed by atoms with Crippen molar-refractivity contribution in [1.82, 2.24) is 0 Å². The summed E-state index contributed by atoms with van der Waals surface area (Å²) < 4.78 is 0. The topological polar surface area (TPSA) is 0 Å². The van der Waals surface area contributed by atoms with Gasteiger partial charge in [0.15, 0.2) is 0 Å². The standard InChI is InChI=1S/C7H14Br2/c1-6(8)4-3-5-7(2)9/h6-7H,3-5H2,1-2H3/t6-,7-/m0/s1. The summed E-state index contributed by atoms with van der Waals surface area (Å²) in [6.45, 7) is 4.39. The maximum Gasteiger partial charge on any atom is 0.0117 e. The lowest BCUT2D eigenvalue weighted by molar-refractivity contribution is 0.682. The molecule has 2 heteroatoms. The van der Waals surface area contributed by atoms with E-state index in [1.807, 2.05) is 0 Å². The lowest BCUT2D eigenvalue weighted by Gasteiger charge is -2.03. The van der Waals surface area contributed by atoms with E-state index in [0.717, 1.165) is 0 Å². The number of hydrogen-bond acceptors (Lipinski definition) is 0. The van der Waals surface area contributed by atoms with E-state index in [1.165, 1.54) is 19.3 Å². The van der Waals surface area contributed by atoms with Crippen LogP contribution in [-0.2, 0) is 0 Å². The van der Waals surface area contributed by atoms with Gasteiger partial charge < -0.3 is 0 Å². The van der Waals surface area contributed by atoms with Gasteiger partial charge in [0.1, 0.15) is 0 Å². The van der Waals surface area contributed by atoms with E-state index in [2.05, 4.69) is 45.7 Å². The molecule has 0 aromatic rings. The Morgan fingerprint density at radius 3 is 1.56 bits per heavy atom. The second-order valence-corrected chi connectivity index (χ2v) is 5.62. The van der Waals surface area contributed by atoms with Gasteiger partial charge in [-0.3, -0.25) is 0 Å². The highest BCUT2D eigenvalue weighted by Gasteiger charge is 1.98. The summed E-state index contributed by atoms with van der Waals surface area (Å²) >= 11 is 7.02. The van der Waals surface area contributed by atoms with Crippen molar-refractivity contribution in [1.29, 1.82) is 0 Å². The fourth-order valence-electron chi connectivity index (χ4n) is 0.680. The predicted molar refractivity (Wildman–Crippen MR) is 50.6 cm³/mol. The molecule has 0 bridgehead atoms. The zero-order valence-corrected chi connectivity index (χ0v) is 9.20. The van der Waals surface area contributed by atoms with Crippen LogP contribution in [0, 0.1) is 0 Å². The fourth-order valence-corrected chi connectivity index (χ4v) is 1.33. The Hall–Kier alpha value is 0.960. The number of halogens is 2. The Bertz CT molecular complexity index is 51.9. The van der Waals surface area contributed by atoms with Gasteiger partial charge in [0.05, 0.1) is 0 Å². The molecule has 9 heavy (non-hydrogen) atoms. The van der Waals surface area contributed by atoms with Gasteiger partial charge in [0, 0.05) is 9.65 Å². The van der Waals surface area contributed by atoms with Gasteiger partial charge in [-0.05, 0) is 12.8 Å². The smallest absolute Gasteiger partial charge is 0.0117 e. The highest BCUT2D eigenvalue weighted by atomic mass is 79.9. The molecule has 0 nitrogen and oxygen atoms in total. The first-order valence-electron chi connectivity index (χ1n) is 3.41. The monoisotopic (exact) mass is 256 g/mol. The summed E-state index contributed by atoms with van der Waals surface area (Å²) in [5, 5.41) is 0. The van der Waals surface area contributed by atoms with Crippen LogP contribution in [0.2, 0.25) is 0 Å². The SMILES string of the molecule is C[C@H](Br)CCC[C@H](C)Br. The van der Waals surface area contributed by atoms with Gasteiger partial charge in [-0.1, -0.05) is 52.1 Å². The number of alkyl halides is 2. The van der Waals surface area contributed by atoms with Gasteiger partial charge >= 0.3 is 0 Å². The van der Waals surface area contributed by atoms with Crippen molar-refractivity contribution < 1.29 is 0 Å². The van der Waals surface area contributed by atoms with Gasteiger partial charge in [-0.2, -0.15) is 0 Å². The van der Waals surface area contributed by atoms with Crippen molar-refractivity contribution >= 4 is 31.9 Å². The van der Waals surface area contributed by atoms with Crippen LogP contribution >= 0.6 is 31.9 Å². The van der Waals surface area contributed by atoms with Crippen molar-refractivity contribution in [3.05, 3.63) is 0 Å². The third-order valence-corrected chi connectivity index (χ3v) is 2.12. The van der Waals surface area contributed by atoms with E-state index in [9.17, 15) is 0 Å². The molecule has 56 valence electrons. The van der Waals surface area contributed by atoms with Gasteiger partial charge in [-0.25, -0.2) is 0 Å². The van der Waals surface area contributed by atoms with Crippen LogP contribution in [0.25, 0.3) is 0 Å². The van der Waals surface area contributed by atoms with E-state index >= 15 is 0 Å². The molecule has 0 amide bonds. The van der Waals surface area contributed by atoms with Gasteiger partial charge in [0.25, 0.3) is 0 Å². The number of hydrogen-bond donors (Lipinski definition) is 0. The molecule has 0 heterocycles. The van der Waals surface area contributed by atoms with Crippen molar-refractivity contribution in [2.75, 3.05) is 0 Å². The highest BCUT2D eigenvalue weighted by molar-refractivity contribution is 9.09. The van der Waals surface area contributed by atoms with Crippen molar-refractivity contribution in [2.24, 2.45) is 0 Å². The van der Waals surface area contributed by atoms with E-state index in [-0.39, 0.29) is 0 Å². The molecule has 0 radical (unpaired) electrons. The second-order valence-electron chi connectivity index (χ2n) is 2.49. The first kappa shape index (κ1) is 9.96. The second kappa shape index (κ2) is 5.72. The molecule has 0 aliphatic rings. The molecule has 0 rings (SSSR count). The largest absolute Gasteiger partial charge is 0.0894 e. The maximum atomic E-state index is 3.51. The first-order chi connectivity index (χ1) is 4.13. The summed E-state index contributed by atoms with van der Waals surface area (Å²) in [6.07, 6.45) is 3.89. The Morgan fingerprint density at radius 1 is 1.00 bits per heavy atom. The Morgan fingerprint density at radius 2 is 1.33 bits per heavy atom. The molecule has 0 aromatic carbocycles. The van der Waals surface area contributed by atoms with Crippen LogP contribution in [0.3, 0.4) is 0 Å². The molecule has 0 saturated heterocycles. The third kappa shape index (κ3) is 8.96. The maximum absolute atomic E-state index is 3.51. The molecule has 0 saturated carbocycles. The zero-order chi connectivity index (χ0) is 7.28. The normalized spacial score (nSPS) is 17.3. The zero-order valence-electron chi connectivity index (χ0n) is 6.03. The minimum Gasteiger partial charge on any atom is -0.0894 e. The van der Waals surface area contributed by atoms with Crippen LogP contribution in [-0.4, -0.2) is 9.65 Å². The Kier molecular flexibility index (Phi) is 6.33. The molecule has 0 unspecified atom stereocenters. The summed E-state index contributed by atoms with van der Waals surface area (Å²) in [4.78, 5) is 1.37. The minimum atomic E-state index is 0.684. The quantitative estimate of drug-likeness (QED) is 0.674. The molecule has 2 atom stereocenters. The van der Waals surface area contributed by atoms with Crippen LogP contribution in [0.5, 0.6) is 0 Å². The molecule has 0 aliphatic carbocycles. The Labute approximate surface area is 74.7 Å². The molecule has 0 spiro atoms. The molecule has 0 N–H and O–H groups in total. The molecular formula is C7H14Br2. The van der Waals surface area contributed by atoms with Crippen molar-refractivity contribution in [2.45, 2.75) is 42.8 Å². The van der Waals surface area contributed by atoms with Gasteiger partial charge in [0.2, 0.25) is 0 Å². The molecule has 0 aromatic heterocycles. The third-order valence-electron chi connectivity index (χ3n) is 1.20. The average Bonchev–Trinajstić information content (AvgIpc) is 1.63. The number of rotatable bonds is 4. The first-order valence-corrected chi connectivity index (χ1v) is 5.24. The highest BCUT2D eigenvalue weighted by Crippen LogP contribution is 2.13. The summed E-state index contributed by atoms with van der Waals surface area (Å²) in [5.74, 6) is 0. The van der Waals surface area contributed by atoms with Crippen LogP contribution in [0.4, 0.5) is 0 Å². The van der Waals surface area contributed by atoms with Crippen LogP contribution in [0.1, 0.15) is 33.1 Å². The molecular weight excluding hydrogens is 244 g/mol. The van der Waals surface area contributed by atoms with Crippen LogP contribution in [0.15, 0.2) is 0 Å². The Balaban J connectivity index is 2.91.